The number of benzene rings is 1. The number of carbonyl (C=O) groups is 1. The highest BCUT2D eigenvalue weighted by atomic mass is 16.4. The van der Waals surface area contributed by atoms with Crippen LogP contribution in [0, 0.1) is 0 Å². The van der Waals surface area contributed by atoms with E-state index in [2.05, 4.69) is 0 Å². The largest absolute Gasteiger partial charge is 0.478 e. The van der Waals surface area contributed by atoms with E-state index < -0.39 is 5.97 Å². The van der Waals surface area contributed by atoms with E-state index in [0.717, 1.165) is 11.1 Å². The Morgan fingerprint density at radius 1 is 1.29 bits per heavy atom. The van der Waals surface area contributed by atoms with Crippen molar-refractivity contribution in [2.75, 3.05) is 0 Å². The first kappa shape index (κ1) is 10.5. The number of fused-ring (bicyclic) bond motifs is 1. The fraction of sp³-hybridized carbons (Fsp3) is 0.250. The van der Waals surface area contributed by atoms with Gasteiger partial charge in [0.25, 0.3) is 0 Å². The summed E-state index contributed by atoms with van der Waals surface area (Å²) in [6.45, 7) is 4.00. The molecule has 0 heterocycles. The predicted molar refractivity (Wildman–Crippen MR) is 57.1 cm³/mol. The molecule has 0 fully saturated rings. The summed E-state index contributed by atoms with van der Waals surface area (Å²) in [5.41, 5.74) is 2.63. The van der Waals surface area contributed by atoms with Crippen molar-refractivity contribution in [1.29, 1.82) is 0 Å². The Morgan fingerprint density at radius 3 is 2.50 bits per heavy atom. The van der Waals surface area contributed by atoms with E-state index in [4.69, 9.17) is 5.11 Å². The molecule has 0 amide bonds. The van der Waals surface area contributed by atoms with Crippen LogP contribution in [0.25, 0.3) is 6.08 Å². The summed E-state index contributed by atoms with van der Waals surface area (Å²) in [7, 11) is 0. The first-order valence-electron chi connectivity index (χ1n) is 4.79. The number of hydrogen-bond donors (Lipinski definition) is 1. The smallest absolute Gasteiger partial charge is 0.331 e. The maximum Gasteiger partial charge on any atom is 0.331 e. The van der Waals surface area contributed by atoms with Crippen LogP contribution in [0.15, 0.2) is 29.8 Å². The molecule has 2 heteroatoms. The first-order chi connectivity index (χ1) is 6.77. The molecule has 0 radical (unpaired) electrons. The zero-order valence-electron chi connectivity index (χ0n) is 8.45. The molecular weight excluding hydrogens is 176 g/mol. The minimum absolute atomic E-state index is 0.483. The quantitative estimate of drug-likeness (QED) is 0.739. The molecule has 0 bridgehead atoms. The van der Waals surface area contributed by atoms with Crippen LogP contribution < -0.4 is 0 Å². The van der Waals surface area contributed by atoms with Gasteiger partial charge in [0.15, 0.2) is 0 Å². The summed E-state index contributed by atoms with van der Waals surface area (Å²) in [5.74, 6) is -0.814. The lowest BCUT2D eigenvalue weighted by atomic mass is 10.1. The topological polar surface area (TPSA) is 37.3 Å². The van der Waals surface area contributed by atoms with Crippen LogP contribution in [0.2, 0.25) is 0 Å². The Balaban J connectivity index is 0.000000461. The molecule has 14 heavy (non-hydrogen) atoms. The summed E-state index contributed by atoms with van der Waals surface area (Å²) >= 11 is 0. The van der Waals surface area contributed by atoms with Crippen molar-refractivity contribution in [3.05, 3.63) is 41.0 Å². The second-order valence-electron chi connectivity index (χ2n) is 2.85. The van der Waals surface area contributed by atoms with Crippen molar-refractivity contribution >= 4 is 12.0 Å². The van der Waals surface area contributed by atoms with Crippen LogP contribution >= 0.6 is 0 Å². The Labute approximate surface area is 83.9 Å². The van der Waals surface area contributed by atoms with Gasteiger partial charge in [-0.25, -0.2) is 4.79 Å². The van der Waals surface area contributed by atoms with Crippen LogP contribution in [0.4, 0.5) is 0 Å². The highest BCUT2D eigenvalue weighted by Crippen LogP contribution is 2.24. The molecule has 1 aliphatic carbocycles. The normalized spacial score (nSPS) is 12.3. The van der Waals surface area contributed by atoms with E-state index in [9.17, 15) is 4.79 Å². The number of carboxylic acids is 1. The molecule has 0 saturated carbocycles. The molecule has 1 aromatic rings. The van der Waals surface area contributed by atoms with E-state index >= 15 is 0 Å². The van der Waals surface area contributed by atoms with E-state index in [1.807, 2.05) is 38.1 Å². The van der Waals surface area contributed by atoms with Crippen LogP contribution in [0.3, 0.4) is 0 Å². The Kier molecular flexibility index (Phi) is 3.46. The molecule has 1 N–H and O–H groups in total. The Hall–Kier alpha value is -1.57. The van der Waals surface area contributed by atoms with Crippen LogP contribution in [-0.2, 0) is 11.2 Å². The highest BCUT2D eigenvalue weighted by Gasteiger charge is 2.16. The van der Waals surface area contributed by atoms with Crippen LogP contribution in [0.5, 0.6) is 0 Å². The number of rotatable bonds is 1. The summed E-state index contributed by atoms with van der Waals surface area (Å²) in [6.07, 6.45) is 2.29. The molecule has 0 aromatic heterocycles. The molecule has 0 atom stereocenters. The Bertz CT molecular complexity index is 364. The summed E-state index contributed by atoms with van der Waals surface area (Å²) in [6, 6.07) is 7.74. The first-order valence-corrected chi connectivity index (χ1v) is 4.79. The van der Waals surface area contributed by atoms with Gasteiger partial charge in [-0.1, -0.05) is 38.1 Å². The maximum absolute atomic E-state index is 10.6. The van der Waals surface area contributed by atoms with Gasteiger partial charge in [0.05, 0.1) is 0 Å². The third kappa shape index (κ3) is 2.02. The molecule has 74 valence electrons. The molecule has 1 aliphatic rings. The molecule has 2 nitrogen and oxygen atoms in total. The van der Waals surface area contributed by atoms with Gasteiger partial charge < -0.3 is 5.11 Å². The van der Waals surface area contributed by atoms with E-state index in [1.54, 1.807) is 6.08 Å². The van der Waals surface area contributed by atoms with Crippen LogP contribution in [0.1, 0.15) is 25.0 Å². The summed E-state index contributed by atoms with van der Waals surface area (Å²) in [4.78, 5) is 10.6. The number of aliphatic carboxylic acids is 1. The monoisotopic (exact) mass is 190 g/mol. The average molecular weight is 190 g/mol. The fourth-order valence-corrected chi connectivity index (χ4v) is 1.42. The van der Waals surface area contributed by atoms with Gasteiger partial charge in [0.2, 0.25) is 0 Å². The van der Waals surface area contributed by atoms with Gasteiger partial charge in [-0.3, -0.25) is 0 Å². The molecule has 0 saturated heterocycles. The van der Waals surface area contributed by atoms with Gasteiger partial charge in [-0.15, -0.1) is 0 Å². The second-order valence-corrected chi connectivity index (χ2v) is 2.85. The highest BCUT2D eigenvalue weighted by molar-refractivity contribution is 5.95. The van der Waals surface area contributed by atoms with E-state index in [-0.39, 0.29) is 0 Å². The molecule has 2 rings (SSSR count). The average Bonchev–Trinajstić information content (AvgIpc) is 2.64. The van der Waals surface area contributed by atoms with Crippen molar-refractivity contribution in [2.24, 2.45) is 0 Å². The third-order valence-electron chi connectivity index (χ3n) is 2.04. The predicted octanol–water partition coefficient (Wildman–Crippen LogP) is 2.74. The lowest BCUT2D eigenvalue weighted by molar-refractivity contribution is -0.132. The minimum atomic E-state index is -0.814. The number of hydrogen-bond acceptors (Lipinski definition) is 1. The van der Waals surface area contributed by atoms with Crippen molar-refractivity contribution in [2.45, 2.75) is 20.3 Å². The number of carboxylic acid groups (broad SMARTS) is 1. The SMILES string of the molecule is CC.O=C(O)C1=Cc2ccccc2C1. The van der Waals surface area contributed by atoms with Crippen molar-refractivity contribution in [1.82, 2.24) is 0 Å². The van der Waals surface area contributed by atoms with Gasteiger partial charge in [-0.2, -0.15) is 0 Å². The Morgan fingerprint density at radius 2 is 1.93 bits per heavy atom. The molecule has 0 aliphatic heterocycles. The van der Waals surface area contributed by atoms with Gasteiger partial charge in [0.1, 0.15) is 0 Å². The zero-order valence-corrected chi connectivity index (χ0v) is 8.45. The van der Waals surface area contributed by atoms with Crippen molar-refractivity contribution < 1.29 is 9.90 Å². The second kappa shape index (κ2) is 4.61. The standard InChI is InChI=1S/C10H8O2.C2H6/c11-10(12)9-5-7-3-1-2-4-8(7)6-9;1-2/h1-5H,6H2,(H,11,12);1-2H3. The van der Waals surface area contributed by atoms with Crippen molar-refractivity contribution in [3.8, 4) is 0 Å². The van der Waals surface area contributed by atoms with Gasteiger partial charge >= 0.3 is 5.97 Å². The van der Waals surface area contributed by atoms with E-state index in [1.165, 1.54) is 0 Å². The lowest BCUT2D eigenvalue weighted by Gasteiger charge is -1.94. The van der Waals surface area contributed by atoms with Crippen molar-refractivity contribution in [3.63, 3.8) is 0 Å². The molecule has 0 spiro atoms. The minimum Gasteiger partial charge on any atom is -0.478 e. The fourth-order valence-electron chi connectivity index (χ4n) is 1.42. The summed E-state index contributed by atoms with van der Waals surface area (Å²) < 4.78 is 0. The van der Waals surface area contributed by atoms with Crippen LogP contribution in [-0.4, -0.2) is 11.1 Å². The van der Waals surface area contributed by atoms with E-state index in [0.29, 0.717) is 12.0 Å². The summed E-state index contributed by atoms with van der Waals surface area (Å²) in [5, 5.41) is 8.72. The lowest BCUT2D eigenvalue weighted by Crippen LogP contribution is -1.99. The molecule has 0 unspecified atom stereocenters. The maximum atomic E-state index is 10.6. The van der Waals surface area contributed by atoms with Gasteiger partial charge in [0, 0.05) is 12.0 Å². The molecular formula is C12H14O2. The third-order valence-corrected chi connectivity index (χ3v) is 2.04. The van der Waals surface area contributed by atoms with Gasteiger partial charge in [-0.05, 0) is 17.2 Å². The zero-order chi connectivity index (χ0) is 10.6. The molecule has 1 aromatic carbocycles.